The van der Waals surface area contributed by atoms with E-state index in [0.29, 0.717) is 0 Å². The van der Waals surface area contributed by atoms with E-state index in [9.17, 15) is 0 Å². The van der Waals surface area contributed by atoms with Crippen LogP contribution in [0.2, 0.25) is 0 Å². The minimum Gasteiger partial charge on any atom is -0.200 e. The van der Waals surface area contributed by atoms with E-state index in [1.807, 2.05) is 0 Å². The van der Waals surface area contributed by atoms with Crippen LogP contribution in [-0.2, 0) is 12.5 Å². The Kier molecular flexibility index (Phi) is 4.78. The van der Waals surface area contributed by atoms with Crippen molar-refractivity contribution in [2.45, 2.75) is 40.0 Å². The van der Waals surface area contributed by atoms with Crippen molar-refractivity contribution < 1.29 is 4.57 Å². The van der Waals surface area contributed by atoms with E-state index in [0.717, 1.165) is 0 Å². The van der Waals surface area contributed by atoms with E-state index in [4.69, 9.17) is 0 Å². The van der Waals surface area contributed by atoms with Gasteiger partial charge in [-0.15, -0.1) is 0 Å². The number of rotatable bonds is 2. The SMILES string of the molecule is Cc1cc(-c2ccccc2)cc(-c2c3ccc(C(C)(C)C)cc3cc[n+]2C)c1C. The fourth-order valence-corrected chi connectivity index (χ4v) is 4.08. The highest BCUT2D eigenvalue weighted by atomic mass is 14.9. The Hall–Kier alpha value is -2.93. The van der Waals surface area contributed by atoms with Crippen LogP contribution in [0.25, 0.3) is 33.2 Å². The summed E-state index contributed by atoms with van der Waals surface area (Å²) in [6.45, 7) is 11.3. The van der Waals surface area contributed by atoms with Gasteiger partial charge in [-0.25, -0.2) is 4.57 Å². The van der Waals surface area contributed by atoms with Gasteiger partial charge in [0, 0.05) is 6.07 Å². The third-order valence-corrected chi connectivity index (χ3v) is 6.03. The van der Waals surface area contributed by atoms with Crippen LogP contribution in [0.15, 0.2) is 72.9 Å². The summed E-state index contributed by atoms with van der Waals surface area (Å²) in [5.74, 6) is 0. The summed E-state index contributed by atoms with van der Waals surface area (Å²) in [5, 5.41) is 2.60. The van der Waals surface area contributed by atoms with Gasteiger partial charge in [0.1, 0.15) is 7.05 Å². The van der Waals surface area contributed by atoms with Gasteiger partial charge in [0.2, 0.25) is 5.69 Å². The van der Waals surface area contributed by atoms with E-state index in [1.165, 1.54) is 49.8 Å². The highest BCUT2D eigenvalue weighted by Crippen LogP contribution is 2.35. The van der Waals surface area contributed by atoms with Crippen molar-refractivity contribution >= 4 is 10.8 Å². The molecule has 0 bridgehead atoms. The van der Waals surface area contributed by atoms with Crippen LogP contribution < -0.4 is 4.57 Å². The van der Waals surface area contributed by atoms with E-state index < -0.39 is 0 Å². The normalized spacial score (nSPS) is 11.8. The number of fused-ring (bicyclic) bond motifs is 1. The van der Waals surface area contributed by atoms with Crippen LogP contribution >= 0.6 is 0 Å². The standard InChI is InChI=1S/C28H30N/c1-19-16-23(21-10-8-7-9-11-21)18-26(20(19)2)27-25-13-12-24(28(3,4)5)17-22(25)14-15-29(27)6/h7-18H,1-6H3/q+1. The number of benzene rings is 3. The minimum absolute atomic E-state index is 0.145. The predicted molar refractivity (Wildman–Crippen MR) is 124 cm³/mol. The zero-order valence-electron chi connectivity index (χ0n) is 18.4. The Morgan fingerprint density at radius 3 is 2.17 bits per heavy atom. The predicted octanol–water partition coefficient (Wildman–Crippen LogP) is 6.91. The average molecular weight is 381 g/mol. The molecule has 0 saturated heterocycles. The van der Waals surface area contributed by atoms with Crippen LogP contribution in [0.3, 0.4) is 0 Å². The van der Waals surface area contributed by atoms with Crippen LogP contribution in [-0.4, -0.2) is 0 Å². The van der Waals surface area contributed by atoms with Gasteiger partial charge in [-0.3, -0.25) is 0 Å². The molecule has 4 rings (SSSR count). The maximum atomic E-state index is 2.35. The largest absolute Gasteiger partial charge is 0.220 e. The number of hydrogen-bond donors (Lipinski definition) is 0. The van der Waals surface area contributed by atoms with Gasteiger partial charge in [0.25, 0.3) is 0 Å². The second kappa shape index (κ2) is 7.15. The van der Waals surface area contributed by atoms with E-state index in [-0.39, 0.29) is 5.41 Å². The van der Waals surface area contributed by atoms with E-state index in [1.54, 1.807) is 0 Å². The highest BCUT2D eigenvalue weighted by Gasteiger charge is 2.21. The Morgan fingerprint density at radius 1 is 0.759 bits per heavy atom. The lowest BCUT2D eigenvalue weighted by molar-refractivity contribution is -0.659. The summed E-state index contributed by atoms with van der Waals surface area (Å²) < 4.78 is 2.26. The molecule has 0 saturated carbocycles. The van der Waals surface area contributed by atoms with Crippen LogP contribution in [0.5, 0.6) is 0 Å². The van der Waals surface area contributed by atoms with Crippen LogP contribution in [0.4, 0.5) is 0 Å². The molecule has 146 valence electrons. The van der Waals surface area contributed by atoms with Crippen molar-refractivity contribution in [2.24, 2.45) is 7.05 Å². The second-order valence-electron chi connectivity index (χ2n) is 9.16. The Balaban J connectivity index is 1.99. The number of aromatic nitrogens is 1. The van der Waals surface area contributed by atoms with Crippen molar-refractivity contribution in [2.75, 3.05) is 0 Å². The molecule has 0 spiro atoms. The monoisotopic (exact) mass is 380 g/mol. The maximum Gasteiger partial charge on any atom is 0.220 e. The fraction of sp³-hybridized carbons (Fsp3) is 0.250. The lowest BCUT2D eigenvalue weighted by atomic mass is 9.85. The molecule has 1 heterocycles. The second-order valence-corrected chi connectivity index (χ2v) is 9.16. The van der Waals surface area contributed by atoms with Crippen molar-refractivity contribution in [1.29, 1.82) is 0 Å². The van der Waals surface area contributed by atoms with Gasteiger partial charge >= 0.3 is 0 Å². The van der Waals surface area contributed by atoms with Crippen molar-refractivity contribution in [1.82, 2.24) is 0 Å². The Morgan fingerprint density at radius 2 is 1.48 bits per heavy atom. The third-order valence-electron chi connectivity index (χ3n) is 6.03. The molecule has 0 aliphatic rings. The molecule has 0 atom stereocenters. The molecule has 0 unspecified atom stereocenters. The molecule has 0 radical (unpaired) electrons. The molecule has 3 aromatic carbocycles. The number of aryl methyl sites for hydroxylation is 2. The molecular formula is C28H30N+. The van der Waals surface area contributed by atoms with Gasteiger partial charge in [-0.2, -0.15) is 0 Å². The Bertz CT molecular complexity index is 1190. The molecule has 29 heavy (non-hydrogen) atoms. The maximum absolute atomic E-state index is 2.35. The molecule has 0 fully saturated rings. The topological polar surface area (TPSA) is 3.88 Å². The molecule has 1 aromatic heterocycles. The molecule has 0 N–H and O–H groups in total. The molecule has 4 aromatic rings. The van der Waals surface area contributed by atoms with Crippen LogP contribution in [0.1, 0.15) is 37.5 Å². The first-order valence-corrected chi connectivity index (χ1v) is 10.4. The lowest BCUT2D eigenvalue weighted by Gasteiger charge is -2.20. The Labute approximate surface area is 174 Å². The summed E-state index contributed by atoms with van der Waals surface area (Å²) in [7, 11) is 2.15. The third kappa shape index (κ3) is 3.58. The first-order valence-electron chi connectivity index (χ1n) is 10.4. The molecule has 0 aliphatic carbocycles. The highest BCUT2D eigenvalue weighted by molar-refractivity contribution is 5.95. The molecule has 0 aliphatic heterocycles. The number of nitrogens with zero attached hydrogens (tertiary/aromatic N) is 1. The zero-order chi connectivity index (χ0) is 20.8. The average Bonchev–Trinajstić information content (AvgIpc) is 2.70. The summed E-state index contributed by atoms with van der Waals surface area (Å²) in [5.41, 5.74) is 9.29. The molecule has 1 nitrogen and oxygen atoms in total. The number of pyridine rings is 1. The summed E-state index contributed by atoms with van der Waals surface area (Å²) in [6.07, 6.45) is 2.19. The zero-order valence-corrected chi connectivity index (χ0v) is 18.4. The molecular weight excluding hydrogens is 350 g/mol. The van der Waals surface area contributed by atoms with Gasteiger partial charge in [-0.05, 0) is 64.6 Å². The summed E-state index contributed by atoms with van der Waals surface area (Å²) >= 11 is 0. The lowest BCUT2D eigenvalue weighted by Crippen LogP contribution is -2.31. The first-order chi connectivity index (χ1) is 13.8. The van der Waals surface area contributed by atoms with Crippen LogP contribution in [0, 0.1) is 13.8 Å². The van der Waals surface area contributed by atoms with E-state index >= 15 is 0 Å². The van der Waals surface area contributed by atoms with Crippen molar-refractivity contribution in [3.8, 4) is 22.4 Å². The van der Waals surface area contributed by atoms with Gasteiger partial charge in [0.05, 0.1) is 10.9 Å². The van der Waals surface area contributed by atoms with Gasteiger partial charge in [0.15, 0.2) is 6.20 Å². The van der Waals surface area contributed by atoms with Crippen molar-refractivity contribution in [3.63, 3.8) is 0 Å². The summed E-state index contributed by atoms with van der Waals surface area (Å²) in [4.78, 5) is 0. The molecule has 1 heteroatoms. The minimum atomic E-state index is 0.145. The van der Waals surface area contributed by atoms with Gasteiger partial charge in [-0.1, -0.05) is 69.3 Å². The van der Waals surface area contributed by atoms with E-state index in [2.05, 4.69) is 119 Å². The quantitative estimate of drug-likeness (QED) is 0.333. The smallest absolute Gasteiger partial charge is 0.200 e. The van der Waals surface area contributed by atoms with Gasteiger partial charge < -0.3 is 0 Å². The molecule has 0 amide bonds. The summed E-state index contributed by atoms with van der Waals surface area (Å²) in [6, 6.07) is 24.5. The number of hydrogen-bond acceptors (Lipinski definition) is 0. The fourth-order valence-electron chi connectivity index (χ4n) is 4.08. The first kappa shape index (κ1) is 19.4. The van der Waals surface area contributed by atoms with Crippen molar-refractivity contribution in [3.05, 3.63) is 89.6 Å².